The molecule has 116 valence electrons. The second-order valence-corrected chi connectivity index (χ2v) is 5.11. The Morgan fingerprint density at radius 1 is 1.24 bits per heavy atom. The Morgan fingerprint density at radius 2 is 2.00 bits per heavy atom. The molecule has 0 fully saturated rings. The van der Waals surface area contributed by atoms with Crippen molar-refractivity contribution in [3.8, 4) is 0 Å². The van der Waals surface area contributed by atoms with E-state index in [2.05, 4.69) is 4.98 Å². The third-order valence-electron chi connectivity index (χ3n) is 3.55. The molecule has 0 N–H and O–H groups in total. The maximum absolute atomic E-state index is 12.6. The number of unbranched alkanes of at least 4 members (excludes halogenated alkanes) is 1. The standard InChI is InChI=1S/C14H22N4O3/c1-4-7-17-10-15-12-11(17)13(19)18(14(20)16(12)2)8-5-6-9-21-3/h10H,4-9H2,1-3H3. The molecule has 2 aromatic rings. The maximum Gasteiger partial charge on any atom is 0.332 e. The summed E-state index contributed by atoms with van der Waals surface area (Å²) in [6, 6.07) is 0. The smallest absolute Gasteiger partial charge is 0.332 e. The molecular formula is C14H22N4O3. The highest BCUT2D eigenvalue weighted by molar-refractivity contribution is 5.69. The van der Waals surface area contributed by atoms with Gasteiger partial charge in [0.05, 0.1) is 6.33 Å². The van der Waals surface area contributed by atoms with Gasteiger partial charge in [0, 0.05) is 33.9 Å². The molecule has 2 aromatic heterocycles. The van der Waals surface area contributed by atoms with Crippen molar-refractivity contribution in [3.05, 3.63) is 27.2 Å². The van der Waals surface area contributed by atoms with Crippen molar-refractivity contribution in [3.63, 3.8) is 0 Å². The van der Waals surface area contributed by atoms with E-state index in [0.29, 0.717) is 30.9 Å². The van der Waals surface area contributed by atoms with Crippen LogP contribution in [0.3, 0.4) is 0 Å². The van der Waals surface area contributed by atoms with Crippen molar-refractivity contribution in [2.45, 2.75) is 39.3 Å². The number of methoxy groups -OCH3 is 1. The first-order valence-electron chi connectivity index (χ1n) is 7.25. The fourth-order valence-electron chi connectivity index (χ4n) is 2.45. The van der Waals surface area contributed by atoms with Gasteiger partial charge in [0.25, 0.3) is 5.56 Å². The van der Waals surface area contributed by atoms with E-state index < -0.39 is 0 Å². The van der Waals surface area contributed by atoms with Crippen LogP contribution < -0.4 is 11.2 Å². The van der Waals surface area contributed by atoms with Gasteiger partial charge >= 0.3 is 5.69 Å². The van der Waals surface area contributed by atoms with Crippen molar-refractivity contribution in [1.29, 1.82) is 0 Å². The van der Waals surface area contributed by atoms with Crippen LogP contribution in [0.1, 0.15) is 26.2 Å². The van der Waals surface area contributed by atoms with E-state index in [4.69, 9.17) is 4.74 Å². The quantitative estimate of drug-likeness (QED) is 0.706. The second kappa shape index (κ2) is 6.71. The van der Waals surface area contributed by atoms with E-state index in [9.17, 15) is 9.59 Å². The predicted molar refractivity (Wildman–Crippen MR) is 80.6 cm³/mol. The van der Waals surface area contributed by atoms with Gasteiger partial charge in [0.15, 0.2) is 11.2 Å². The van der Waals surface area contributed by atoms with Gasteiger partial charge in [-0.3, -0.25) is 13.9 Å². The molecule has 21 heavy (non-hydrogen) atoms. The van der Waals surface area contributed by atoms with E-state index in [-0.39, 0.29) is 11.2 Å². The number of aryl methyl sites for hydroxylation is 2. The van der Waals surface area contributed by atoms with Gasteiger partial charge in [-0.25, -0.2) is 9.78 Å². The van der Waals surface area contributed by atoms with Crippen molar-refractivity contribution in [2.24, 2.45) is 7.05 Å². The molecule has 0 saturated heterocycles. The van der Waals surface area contributed by atoms with E-state index in [1.807, 2.05) is 11.5 Å². The summed E-state index contributed by atoms with van der Waals surface area (Å²) in [5, 5.41) is 0. The minimum absolute atomic E-state index is 0.253. The Hall–Kier alpha value is -1.89. The molecule has 0 aliphatic rings. The molecule has 2 rings (SSSR count). The molecule has 0 amide bonds. The molecule has 2 heterocycles. The van der Waals surface area contributed by atoms with Gasteiger partial charge in [0.1, 0.15) is 0 Å². The van der Waals surface area contributed by atoms with Gasteiger partial charge in [-0.15, -0.1) is 0 Å². The Labute approximate surface area is 122 Å². The highest BCUT2D eigenvalue weighted by Crippen LogP contribution is 2.06. The molecule has 0 aliphatic heterocycles. The summed E-state index contributed by atoms with van der Waals surface area (Å²) in [6.07, 6.45) is 4.08. The van der Waals surface area contributed by atoms with Crippen molar-refractivity contribution >= 4 is 11.2 Å². The van der Waals surface area contributed by atoms with E-state index in [1.54, 1.807) is 20.5 Å². The SMILES string of the molecule is CCCn1cnc2c1c(=O)n(CCCCOC)c(=O)n2C. The third kappa shape index (κ3) is 2.92. The number of ether oxygens (including phenoxy) is 1. The Bertz CT molecular complexity index is 726. The fourth-order valence-corrected chi connectivity index (χ4v) is 2.45. The Morgan fingerprint density at radius 3 is 2.67 bits per heavy atom. The predicted octanol–water partition coefficient (Wildman–Crippen LogP) is 0.733. The zero-order chi connectivity index (χ0) is 15.4. The zero-order valence-electron chi connectivity index (χ0n) is 12.8. The number of fused-ring (bicyclic) bond motifs is 1. The Balaban J connectivity index is 2.47. The van der Waals surface area contributed by atoms with Crippen molar-refractivity contribution < 1.29 is 4.74 Å². The summed E-state index contributed by atoms with van der Waals surface area (Å²) in [7, 11) is 3.29. The maximum atomic E-state index is 12.6. The lowest BCUT2D eigenvalue weighted by molar-refractivity contribution is 0.191. The highest BCUT2D eigenvalue weighted by Gasteiger charge is 2.15. The van der Waals surface area contributed by atoms with Gasteiger partial charge in [-0.1, -0.05) is 6.92 Å². The summed E-state index contributed by atoms with van der Waals surface area (Å²) in [5.41, 5.74) is 0.389. The molecule has 0 unspecified atom stereocenters. The molecular weight excluding hydrogens is 272 g/mol. The molecule has 0 saturated carbocycles. The molecule has 0 aliphatic carbocycles. The van der Waals surface area contributed by atoms with Crippen LogP contribution in [-0.4, -0.2) is 32.4 Å². The van der Waals surface area contributed by atoms with Crippen LogP contribution in [-0.2, 0) is 24.9 Å². The highest BCUT2D eigenvalue weighted by atomic mass is 16.5. The second-order valence-electron chi connectivity index (χ2n) is 5.11. The van der Waals surface area contributed by atoms with Crippen LogP contribution in [0.2, 0.25) is 0 Å². The average molecular weight is 294 g/mol. The van der Waals surface area contributed by atoms with Gasteiger partial charge < -0.3 is 9.30 Å². The lowest BCUT2D eigenvalue weighted by Crippen LogP contribution is -2.39. The summed E-state index contributed by atoms with van der Waals surface area (Å²) in [5.74, 6) is 0. The molecule has 0 atom stereocenters. The average Bonchev–Trinajstić information content (AvgIpc) is 2.89. The topological polar surface area (TPSA) is 71.1 Å². The van der Waals surface area contributed by atoms with Crippen LogP contribution in [0.15, 0.2) is 15.9 Å². The minimum atomic E-state index is -0.313. The first kappa shape index (κ1) is 15.5. The van der Waals surface area contributed by atoms with Crippen LogP contribution in [0.5, 0.6) is 0 Å². The molecule has 7 nitrogen and oxygen atoms in total. The lowest BCUT2D eigenvalue weighted by atomic mass is 10.3. The largest absolute Gasteiger partial charge is 0.385 e. The number of rotatable bonds is 7. The molecule has 7 heteroatoms. The van der Waals surface area contributed by atoms with Crippen molar-refractivity contribution in [2.75, 3.05) is 13.7 Å². The number of hydrogen-bond donors (Lipinski definition) is 0. The van der Waals surface area contributed by atoms with Crippen LogP contribution in [0, 0.1) is 0 Å². The van der Waals surface area contributed by atoms with E-state index in [1.165, 1.54) is 9.13 Å². The lowest BCUT2D eigenvalue weighted by Gasteiger charge is -2.09. The summed E-state index contributed by atoms with van der Waals surface area (Å²) < 4.78 is 9.55. The van der Waals surface area contributed by atoms with E-state index >= 15 is 0 Å². The monoisotopic (exact) mass is 294 g/mol. The van der Waals surface area contributed by atoms with Crippen LogP contribution in [0.4, 0.5) is 0 Å². The number of imidazole rings is 1. The number of aromatic nitrogens is 4. The fraction of sp³-hybridized carbons (Fsp3) is 0.643. The molecule has 0 bridgehead atoms. The van der Waals surface area contributed by atoms with E-state index in [0.717, 1.165) is 19.3 Å². The first-order valence-corrected chi connectivity index (χ1v) is 7.25. The van der Waals surface area contributed by atoms with Gasteiger partial charge in [-0.2, -0.15) is 0 Å². The van der Waals surface area contributed by atoms with Gasteiger partial charge in [-0.05, 0) is 19.3 Å². The number of nitrogens with zero attached hydrogens (tertiary/aromatic N) is 4. The summed E-state index contributed by atoms with van der Waals surface area (Å²) >= 11 is 0. The molecule has 0 radical (unpaired) electrons. The summed E-state index contributed by atoms with van der Waals surface area (Å²) in [4.78, 5) is 29.1. The molecule has 0 spiro atoms. The van der Waals surface area contributed by atoms with Gasteiger partial charge in [0.2, 0.25) is 0 Å². The Kier molecular flexibility index (Phi) is 4.95. The van der Waals surface area contributed by atoms with Crippen LogP contribution >= 0.6 is 0 Å². The third-order valence-corrected chi connectivity index (χ3v) is 3.55. The minimum Gasteiger partial charge on any atom is -0.385 e. The zero-order valence-corrected chi connectivity index (χ0v) is 12.8. The van der Waals surface area contributed by atoms with Crippen LogP contribution in [0.25, 0.3) is 11.2 Å². The first-order chi connectivity index (χ1) is 10.1. The summed E-state index contributed by atoms with van der Waals surface area (Å²) in [6.45, 7) is 3.79. The van der Waals surface area contributed by atoms with Crippen molar-refractivity contribution in [1.82, 2.24) is 18.7 Å². The normalized spacial score (nSPS) is 11.4. The number of hydrogen-bond acceptors (Lipinski definition) is 4. The molecule has 0 aromatic carbocycles.